The number of aromatic nitrogens is 4. The molecule has 4 N–H and O–H groups in total. The van der Waals surface area contributed by atoms with Crippen LogP contribution in [0, 0.1) is 6.92 Å². The van der Waals surface area contributed by atoms with Gasteiger partial charge in [0, 0.05) is 49.1 Å². The summed E-state index contributed by atoms with van der Waals surface area (Å²) in [5.41, 5.74) is 10.7. The minimum Gasteiger partial charge on any atom is -0.477 e. The molecule has 0 radical (unpaired) electrons. The molecule has 40 heavy (non-hydrogen) atoms. The molecular weight excluding hydrogens is 530 g/mol. The summed E-state index contributed by atoms with van der Waals surface area (Å²) in [5, 5.41) is 13.1. The van der Waals surface area contributed by atoms with Crippen molar-refractivity contribution >= 4 is 49.6 Å². The number of nitrogens with zero attached hydrogens (tertiary/aromatic N) is 5. The van der Waals surface area contributed by atoms with Gasteiger partial charge < -0.3 is 30.5 Å². The highest BCUT2D eigenvalue weighted by atomic mass is 32.1. The van der Waals surface area contributed by atoms with Crippen LogP contribution in [0.25, 0.3) is 42.9 Å². The highest BCUT2D eigenvalue weighted by Gasteiger charge is 2.22. The van der Waals surface area contributed by atoms with Gasteiger partial charge in [0.1, 0.15) is 20.8 Å². The van der Waals surface area contributed by atoms with E-state index in [9.17, 15) is 4.79 Å². The summed E-state index contributed by atoms with van der Waals surface area (Å²) in [6, 6.07) is 12.6. The van der Waals surface area contributed by atoms with E-state index in [0.29, 0.717) is 29.9 Å². The number of fused-ring (bicyclic) bond motifs is 3. The molecule has 12 heteroatoms. The zero-order chi connectivity index (χ0) is 27.8. The number of carbonyl (C=O) groups is 1. The number of carboxylic acid groups (broad SMARTS) is 1. The van der Waals surface area contributed by atoms with E-state index in [2.05, 4.69) is 15.0 Å². The lowest BCUT2D eigenvalue weighted by molar-refractivity contribution is 0.144. The molecule has 1 fully saturated rings. The van der Waals surface area contributed by atoms with Gasteiger partial charge in [-0.25, -0.2) is 19.7 Å². The average molecular weight is 558 g/mol. The first-order chi connectivity index (χ1) is 19.4. The number of hydrogen-bond donors (Lipinski definition) is 3. The van der Waals surface area contributed by atoms with Gasteiger partial charge in [0.05, 0.1) is 17.7 Å². The maximum absolute atomic E-state index is 10.8. The van der Waals surface area contributed by atoms with Crippen LogP contribution in [0.5, 0.6) is 11.6 Å². The van der Waals surface area contributed by atoms with E-state index in [1.54, 1.807) is 12.1 Å². The lowest BCUT2D eigenvalue weighted by Gasteiger charge is -2.27. The molecule has 1 saturated heterocycles. The zero-order valence-electron chi connectivity index (χ0n) is 22.0. The molecule has 0 aliphatic carbocycles. The van der Waals surface area contributed by atoms with Crippen molar-refractivity contribution in [3.05, 3.63) is 48.2 Å². The molecule has 3 aromatic heterocycles. The Balaban J connectivity index is 1.37. The number of thiophene rings is 1. The number of hydrogen-bond acceptors (Lipinski definition) is 11. The number of nitrogens with two attached hydrogens (primary N) is 1. The summed E-state index contributed by atoms with van der Waals surface area (Å²) in [5.74, 6) is 2.02. The lowest BCUT2D eigenvalue weighted by atomic mass is 10.0. The number of nitrogens with one attached hydrogen (secondary N) is 1. The van der Waals surface area contributed by atoms with Crippen molar-refractivity contribution in [2.24, 2.45) is 0 Å². The second-order valence-corrected chi connectivity index (χ2v) is 10.3. The van der Waals surface area contributed by atoms with Gasteiger partial charge in [0.25, 0.3) is 0 Å². The topological polar surface area (TPSA) is 149 Å². The SMILES string of the molecule is CCOc1nc(N2CCNCC2)nc2c1sc1nc(-c3ccc(-c4ccc(OC(=O)O)cc4N)cc3)nc(C)c12. The standard InChI is InChI=1S/C28H27N7O4S/c1-3-38-25-23-22(32-27(34-25)35-12-10-30-11-13-35)21-15(2)31-24(33-26(21)40-23)17-6-4-16(5-7-17)19-9-8-18(14-20(19)29)39-28(36)37/h4-9,14,30H,3,10-13,29H2,1-2H3,(H,36,37). The van der Waals surface area contributed by atoms with Crippen molar-refractivity contribution in [3.8, 4) is 34.1 Å². The van der Waals surface area contributed by atoms with Gasteiger partial charge in [-0.05, 0) is 31.5 Å². The Morgan fingerprint density at radius 3 is 2.52 bits per heavy atom. The third-order valence-corrected chi connectivity index (χ3v) is 7.74. The van der Waals surface area contributed by atoms with E-state index in [0.717, 1.165) is 69.0 Å². The Kier molecular flexibility index (Phi) is 6.78. The summed E-state index contributed by atoms with van der Waals surface area (Å²) in [4.78, 5) is 33.3. The monoisotopic (exact) mass is 557 g/mol. The first kappa shape index (κ1) is 25.7. The fourth-order valence-electron chi connectivity index (χ4n) is 4.81. The first-order valence-electron chi connectivity index (χ1n) is 12.9. The molecule has 5 aromatic rings. The predicted octanol–water partition coefficient (Wildman–Crippen LogP) is 4.72. The first-order valence-corrected chi connectivity index (χ1v) is 13.7. The summed E-state index contributed by atoms with van der Waals surface area (Å²) in [7, 11) is 0. The van der Waals surface area contributed by atoms with Crippen LogP contribution in [-0.2, 0) is 0 Å². The van der Waals surface area contributed by atoms with Crippen molar-refractivity contribution in [2.45, 2.75) is 13.8 Å². The molecule has 6 rings (SSSR count). The molecule has 204 valence electrons. The fourth-order valence-corrected chi connectivity index (χ4v) is 5.91. The maximum Gasteiger partial charge on any atom is 0.511 e. The highest BCUT2D eigenvalue weighted by Crippen LogP contribution is 2.40. The van der Waals surface area contributed by atoms with E-state index in [4.69, 9.17) is 35.5 Å². The van der Waals surface area contributed by atoms with Crippen LogP contribution in [0.3, 0.4) is 0 Å². The second kappa shape index (κ2) is 10.5. The van der Waals surface area contributed by atoms with Crippen molar-refractivity contribution < 1.29 is 19.4 Å². The van der Waals surface area contributed by atoms with Crippen LogP contribution in [-0.4, -0.2) is 64.0 Å². The van der Waals surface area contributed by atoms with Gasteiger partial charge >= 0.3 is 6.16 Å². The number of aryl methyl sites for hydroxylation is 1. The van der Waals surface area contributed by atoms with Gasteiger partial charge in [-0.1, -0.05) is 24.3 Å². The zero-order valence-corrected chi connectivity index (χ0v) is 22.8. The number of ether oxygens (including phenoxy) is 2. The Labute approximate surface area is 233 Å². The summed E-state index contributed by atoms with van der Waals surface area (Å²) in [6.07, 6.45) is -1.39. The smallest absolute Gasteiger partial charge is 0.477 e. The molecule has 0 saturated carbocycles. The molecule has 2 aromatic carbocycles. The van der Waals surface area contributed by atoms with Crippen LogP contribution in [0.1, 0.15) is 12.6 Å². The number of benzene rings is 2. The molecule has 0 amide bonds. The average Bonchev–Trinajstić information content (AvgIpc) is 3.33. The minimum atomic E-state index is -1.39. The van der Waals surface area contributed by atoms with E-state index in [-0.39, 0.29) is 5.75 Å². The molecule has 0 spiro atoms. The van der Waals surface area contributed by atoms with Gasteiger partial charge in [-0.3, -0.25) is 0 Å². The Morgan fingerprint density at radius 2 is 1.82 bits per heavy atom. The predicted molar refractivity (Wildman–Crippen MR) is 155 cm³/mol. The third-order valence-electron chi connectivity index (χ3n) is 6.68. The second-order valence-electron chi connectivity index (χ2n) is 9.29. The quantitative estimate of drug-likeness (QED) is 0.151. The molecule has 4 heterocycles. The number of rotatable bonds is 6. The van der Waals surface area contributed by atoms with Gasteiger partial charge in [0.15, 0.2) is 5.82 Å². The number of piperazine rings is 1. The van der Waals surface area contributed by atoms with E-state index >= 15 is 0 Å². The van der Waals surface area contributed by atoms with Gasteiger partial charge in [-0.2, -0.15) is 4.98 Å². The van der Waals surface area contributed by atoms with Crippen LogP contribution in [0.15, 0.2) is 42.5 Å². The molecule has 1 aliphatic rings. The molecule has 11 nitrogen and oxygen atoms in total. The molecule has 1 aliphatic heterocycles. The lowest BCUT2D eigenvalue weighted by Crippen LogP contribution is -2.44. The highest BCUT2D eigenvalue weighted by molar-refractivity contribution is 7.25. The normalized spacial score (nSPS) is 13.6. The van der Waals surface area contributed by atoms with Crippen molar-refractivity contribution in [1.29, 1.82) is 0 Å². The van der Waals surface area contributed by atoms with Crippen LogP contribution in [0.4, 0.5) is 16.4 Å². The third kappa shape index (κ3) is 4.82. The van der Waals surface area contributed by atoms with Crippen molar-refractivity contribution in [2.75, 3.05) is 43.4 Å². The van der Waals surface area contributed by atoms with E-state index in [1.165, 1.54) is 17.4 Å². The molecule has 0 atom stereocenters. The van der Waals surface area contributed by atoms with Crippen LogP contribution in [0.2, 0.25) is 0 Å². The minimum absolute atomic E-state index is 0.170. The maximum atomic E-state index is 10.8. The van der Waals surface area contributed by atoms with Crippen LogP contribution < -0.4 is 25.4 Å². The molecule has 0 bridgehead atoms. The van der Waals surface area contributed by atoms with Crippen LogP contribution >= 0.6 is 11.3 Å². The number of nitrogen functional groups attached to an aromatic ring is 1. The summed E-state index contributed by atoms with van der Waals surface area (Å²) >= 11 is 1.51. The van der Waals surface area contributed by atoms with Crippen molar-refractivity contribution in [1.82, 2.24) is 25.3 Å². The van der Waals surface area contributed by atoms with Gasteiger partial charge in [-0.15, -0.1) is 11.3 Å². The summed E-state index contributed by atoms with van der Waals surface area (Å²) in [6.45, 7) is 7.87. The largest absolute Gasteiger partial charge is 0.511 e. The van der Waals surface area contributed by atoms with Crippen molar-refractivity contribution in [3.63, 3.8) is 0 Å². The van der Waals surface area contributed by atoms with E-state index < -0.39 is 6.16 Å². The Hall–Kier alpha value is -4.55. The fraction of sp³-hybridized carbons (Fsp3) is 0.250. The Bertz CT molecular complexity index is 1730. The Morgan fingerprint density at radius 1 is 1.07 bits per heavy atom. The van der Waals surface area contributed by atoms with E-state index in [1.807, 2.05) is 38.1 Å². The van der Waals surface area contributed by atoms with Gasteiger partial charge in [0.2, 0.25) is 11.8 Å². The summed E-state index contributed by atoms with van der Waals surface area (Å²) < 4.78 is 11.5. The molecular formula is C28H27N7O4S. The molecule has 0 unspecified atom stereocenters. The number of anilines is 2.